The van der Waals surface area contributed by atoms with Crippen LogP contribution >= 0.6 is 0 Å². The number of quaternary nitrogens is 1. The average molecular weight is 349 g/mol. The van der Waals surface area contributed by atoms with E-state index in [2.05, 4.69) is 48.6 Å². The number of benzene rings is 3. The Morgan fingerprint density at radius 2 is 1.54 bits per heavy atom. The molecule has 3 N–H and O–H groups in total. The Kier molecular flexibility index (Phi) is 5.77. The molecular weight excluding hydrogens is 327 g/mol. The Balaban J connectivity index is 1.70. The lowest BCUT2D eigenvalue weighted by molar-refractivity contribution is -0.676. The second-order valence-electron chi connectivity index (χ2n) is 6.29. The highest BCUT2D eigenvalue weighted by Crippen LogP contribution is 2.18. The van der Waals surface area contributed by atoms with Crippen LogP contribution in [0.2, 0.25) is 0 Å². The SMILES string of the molecule is Cc1ccc([C@@H]([NH2+]CC(=O)Nc2ccc(F)cc2)c2ccccc2)cc1. The number of halogens is 1. The number of rotatable bonds is 6. The number of hydrogen-bond donors (Lipinski definition) is 2. The topological polar surface area (TPSA) is 45.7 Å². The van der Waals surface area contributed by atoms with Crippen LogP contribution < -0.4 is 10.6 Å². The van der Waals surface area contributed by atoms with E-state index in [-0.39, 0.29) is 24.3 Å². The third-order valence-electron chi connectivity index (χ3n) is 4.26. The van der Waals surface area contributed by atoms with E-state index in [1.165, 1.54) is 17.7 Å². The lowest BCUT2D eigenvalue weighted by atomic mass is 9.98. The van der Waals surface area contributed by atoms with Crippen molar-refractivity contribution in [2.75, 3.05) is 11.9 Å². The third-order valence-corrected chi connectivity index (χ3v) is 4.26. The molecule has 0 unspecified atom stereocenters. The number of aryl methyl sites for hydroxylation is 1. The second kappa shape index (κ2) is 8.41. The van der Waals surface area contributed by atoms with Crippen LogP contribution in [0.1, 0.15) is 22.7 Å². The van der Waals surface area contributed by atoms with Gasteiger partial charge in [0, 0.05) is 16.8 Å². The summed E-state index contributed by atoms with van der Waals surface area (Å²) in [5.41, 5.74) is 4.09. The maximum Gasteiger partial charge on any atom is 0.279 e. The number of amides is 1. The summed E-state index contributed by atoms with van der Waals surface area (Å²) < 4.78 is 13.0. The molecule has 0 aliphatic carbocycles. The molecule has 0 radical (unpaired) electrons. The molecule has 1 atom stereocenters. The molecule has 132 valence electrons. The van der Waals surface area contributed by atoms with Crippen LogP contribution in [-0.4, -0.2) is 12.5 Å². The van der Waals surface area contributed by atoms with E-state index in [9.17, 15) is 9.18 Å². The van der Waals surface area contributed by atoms with Crippen LogP contribution in [0.4, 0.5) is 10.1 Å². The molecule has 26 heavy (non-hydrogen) atoms. The van der Waals surface area contributed by atoms with Gasteiger partial charge in [0.15, 0.2) is 6.54 Å². The lowest BCUT2D eigenvalue weighted by Crippen LogP contribution is -2.87. The van der Waals surface area contributed by atoms with Gasteiger partial charge in [-0.1, -0.05) is 60.2 Å². The fraction of sp³-hybridized carbons (Fsp3) is 0.136. The van der Waals surface area contributed by atoms with Gasteiger partial charge < -0.3 is 10.6 Å². The molecule has 0 spiro atoms. The van der Waals surface area contributed by atoms with E-state index < -0.39 is 0 Å². The highest BCUT2D eigenvalue weighted by Gasteiger charge is 2.18. The molecule has 0 aromatic heterocycles. The van der Waals surface area contributed by atoms with Gasteiger partial charge in [-0.2, -0.15) is 0 Å². The standard InChI is InChI=1S/C22H21FN2O/c1-16-7-9-18(10-8-16)22(17-5-3-2-4-6-17)24-15-21(26)25-20-13-11-19(23)12-14-20/h2-14,22,24H,15H2,1H3,(H,25,26)/p+1/t22-/m0/s1. The number of carbonyl (C=O) groups excluding carboxylic acids is 1. The molecule has 3 aromatic carbocycles. The van der Waals surface area contributed by atoms with Gasteiger partial charge in [-0.05, 0) is 31.2 Å². The van der Waals surface area contributed by atoms with E-state index in [4.69, 9.17) is 0 Å². The number of nitrogens with one attached hydrogen (secondary N) is 1. The molecule has 3 aromatic rings. The van der Waals surface area contributed by atoms with Gasteiger partial charge in [0.2, 0.25) is 0 Å². The van der Waals surface area contributed by atoms with Crippen LogP contribution in [0.25, 0.3) is 0 Å². The predicted molar refractivity (Wildman–Crippen MR) is 101 cm³/mol. The van der Waals surface area contributed by atoms with Gasteiger partial charge in [0.1, 0.15) is 11.9 Å². The molecule has 3 rings (SSSR count). The highest BCUT2D eigenvalue weighted by molar-refractivity contribution is 5.91. The van der Waals surface area contributed by atoms with Crippen molar-refractivity contribution < 1.29 is 14.5 Å². The maximum absolute atomic E-state index is 13.0. The number of carbonyl (C=O) groups is 1. The summed E-state index contributed by atoms with van der Waals surface area (Å²) in [7, 11) is 0. The number of nitrogens with two attached hydrogens (primary N) is 1. The normalized spacial score (nSPS) is 11.8. The molecule has 0 aliphatic rings. The van der Waals surface area contributed by atoms with Crippen molar-refractivity contribution in [1.82, 2.24) is 0 Å². The Bertz CT molecular complexity index is 846. The Hall–Kier alpha value is -2.98. The Morgan fingerprint density at radius 3 is 2.19 bits per heavy atom. The molecule has 0 aliphatic heterocycles. The average Bonchev–Trinajstić information content (AvgIpc) is 2.66. The minimum Gasteiger partial charge on any atom is -0.328 e. The van der Waals surface area contributed by atoms with E-state index in [1.54, 1.807) is 12.1 Å². The van der Waals surface area contributed by atoms with Crippen LogP contribution in [0.3, 0.4) is 0 Å². The largest absolute Gasteiger partial charge is 0.328 e. The van der Waals surface area contributed by atoms with Crippen LogP contribution in [0.15, 0.2) is 78.9 Å². The van der Waals surface area contributed by atoms with E-state index in [0.29, 0.717) is 5.69 Å². The first kappa shape index (κ1) is 17.8. The highest BCUT2D eigenvalue weighted by atomic mass is 19.1. The molecule has 1 amide bonds. The fourth-order valence-electron chi connectivity index (χ4n) is 2.87. The van der Waals surface area contributed by atoms with Crippen molar-refractivity contribution in [3.8, 4) is 0 Å². The van der Waals surface area contributed by atoms with Crippen molar-refractivity contribution in [2.24, 2.45) is 0 Å². The van der Waals surface area contributed by atoms with Gasteiger partial charge in [0.05, 0.1) is 0 Å². The first-order chi connectivity index (χ1) is 12.6. The Morgan fingerprint density at radius 1 is 0.923 bits per heavy atom. The molecule has 0 saturated carbocycles. The Labute approximate surface area is 152 Å². The summed E-state index contributed by atoms with van der Waals surface area (Å²) in [4.78, 5) is 12.3. The minimum atomic E-state index is -0.321. The second-order valence-corrected chi connectivity index (χ2v) is 6.29. The van der Waals surface area contributed by atoms with Crippen LogP contribution in [0, 0.1) is 12.7 Å². The van der Waals surface area contributed by atoms with Gasteiger partial charge in [0.25, 0.3) is 5.91 Å². The van der Waals surface area contributed by atoms with Crippen LogP contribution in [-0.2, 0) is 4.79 Å². The zero-order valence-corrected chi connectivity index (χ0v) is 14.7. The quantitative estimate of drug-likeness (QED) is 0.704. The summed E-state index contributed by atoms with van der Waals surface area (Å²) in [6.07, 6.45) is 0. The molecule has 3 nitrogen and oxygen atoms in total. The predicted octanol–water partition coefficient (Wildman–Crippen LogP) is 3.43. The van der Waals surface area contributed by atoms with Gasteiger partial charge in [-0.3, -0.25) is 4.79 Å². The molecule has 4 heteroatoms. The van der Waals surface area contributed by atoms with Crippen molar-refractivity contribution >= 4 is 11.6 Å². The molecular formula is C22H22FN2O+. The fourth-order valence-corrected chi connectivity index (χ4v) is 2.87. The van der Waals surface area contributed by atoms with Crippen molar-refractivity contribution in [3.63, 3.8) is 0 Å². The third kappa shape index (κ3) is 4.77. The van der Waals surface area contributed by atoms with E-state index in [1.807, 2.05) is 23.5 Å². The molecule has 0 heterocycles. The summed E-state index contributed by atoms with van der Waals surface area (Å²) >= 11 is 0. The van der Waals surface area contributed by atoms with Crippen molar-refractivity contribution in [3.05, 3.63) is 101 Å². The van der Waals surface area contributed by atoms with Gasteiger partial charge in [-0.25, -0.2) is 4.39 Å². The molecule has 0 fully saturated rings. The lowest BCUT2D eigenvalue weighted by Gasteiger charge is -2.17. The monoisotopic (exact) mass is 349 g/mol. The first-order valence-corrected chi connectivity index (χ1v) is 8.62. The summed E-state index contributed by atoms with van der Waals surface area (Å²) in [5.74, 6) is -0.442. The first-order valence-electron chi connectivity index (χ1n) is 8.62. The summed E-state index contributed by atoms with van der Waals surface area (Å²) in [6, 6.07) is 24.3. The zero-order valence-electron chi connectivity index (χ0n) is 14.7. The maximum atomic E-state index is 13.0. The number of anilines is 1. The van der Waals surface area contributed by atoms with E-state index in [0.717, 1.165) is 11.1 Å². The van der Waals surface area contributed by atoms with Crippen molar-refractivity contribution in [1.29, 1.82) is 0 Å². The van der Waals surface area contributed by atoms with Gasteiger partial charge in [-0.15, -0.1) is 0 Å². The zero-order chi connectivity index (χ0) is 18.4. The smallest absolute Gasteiger partial charge is 0.279 e. The molecule has 0 bridgehead atoms. The molecule has 0 saturated heterocycles. The van der Waals surface area contributed by atoms with E-state index >= 15 is 0 Å². The van der Waals surface area contributed by atoms with Gasteiger partial charge >= 0.3 is 0 Å². The van der Waals surface area contributed by atoms with Crippen molar-refractivity contribution in [2.45, 2.75) is 13.0 Å². The number of hydrogen-bond acceptors (Lipinski definition) is 1. The summed E-state index contributed by atoms with van der Waals surface area (Å²) in [5, 5.41) is 4.81. The summed E-state index contributed by atoms with van der Waals surface area (Å²) in [6.45, 7) is 2.33. The van der Waals surface area contributed by atoms with Crippen LogP contribution in [0.5, 0.6) is 0 Å². The minimum absolute atomic E-state index is 0.0377.